The van der Waals surface area contributed by atoms with Crippen molar-refractivity contribution in [3.05, 3.63) is 0 Å². The molecule has 1 amide bonds. The lowest BCUT2D eigenvalue weighted by Gasteiger charge is -2.35. The third kappa shape index (κ3) is 5.23. The summed E-state index contributed by atoms with van der Waals surface area (Å²) in [4.78, 5) is 15.5. The molecule has 2 aliphatic rings. The fraction of sp³-hybridized carbons (Fsp3) is 0.929. The number of hydrogen-bond acceptors (Lipinski definition) is 5. The average molecular weight is 317 g/mol. The van der Waals surface area contributed by atoms with Gasteiger partial charge in [0.1, 0.15) is 9.84 Å². The SMILES string of the molecule is CN(C)C(=O)CN1CCC(NC2CCS(=O)(=O)CC2)CC1. The van der Waals surface area contributed by atoms with Crippen LogP contribution < -0.4 is 5.32 Å². The molecule has 2 rings (SSSR count). The van der Waals surface area contributed by atoms with Gasteiger partial charge in [0.2, 0.25) is 5.91 Å². The number of carbonyl (C=O) groups is 1. The van der Waals surface area contributed by atoms with E-state index in [1.54, 1.807) is 19.0 Å². The standard InChI is InChI=1S/C14H27N3O3S/c1-16(2)14(18)11-17-7-3-12(4-8-17)15-13-5-9-21(19,20)10-6-13/h12-13,15H,3-11H2,1-2H3. The van der Waals surface area contributed by atoms with Crippen LogP contribution in [0.1, 0.15) is 25.7 Å². The van der Waals surface area contributed by atoms with Gasteiger partial charge in [-0.25, -0.2) is 8.42 Å². The van der Waals surface area contributed by atoms with Gasteiger partial charge in [0.25, 0.3) is 0 Å². The van der Waals surface area contributed by atoms with Gasteiger partial charge < -0.3 is 10.2 Å². The van der Waals surface area contributed by atoms with Gasteiger partial charge in [0.15, 0.2) is 0 Å². The molecule has 0 aliphatic carbocycles. The molecule has 0 radical (unpaired) electrons. The summed E-state index contributed by atoms with van der Waals surface area (Å²) in [6, 6.07) is 0.801. The maximum atomic E-state index is 11.7. The molecule has 0 aromatic heterocycles. The third-order valence-corrected chi connectivity index (χ3v) is 6.19. The second kappa shape index (κ2) is 7.07. The Morgan fingerprint density at radius 1 is 1.10 bits per heavy atom. The summed E-state index contributed by atoms with van der Waals surface area (Å²) in [5.41, 5.74) is 0. The topological polar surface area (TPSA) is 69.7 Å². The minimum absolute atomic E-state index is 0.152. The van der Waals surface area contributed by atoms with E-state index in [1.807, 2.05) is 0 Å². The molecule has 2 fully saturated rings. The van der Waals surface area contributed by atoms with Crippen LogP contribution >= 0.6 is 0 Å². The number of carbonyl (C=O) groups excluding carboxylic acids is 1. The molecule has 0 aromatic carbocycles. The van der Waals surface area contributed by atoms with Crippen molar-refractivity contribution in [2.75, 3.05) is 45.2 Å². The van der Waals surface area contributed by atoms with E-state index in [9.17, 15) is 13.2 Å². The van der Waals surface area contributed by atoms with Crippen LogP contribution in [0.25, 0.3) is 0 Å². The van der Waals surface area contributed by atoms with Crippen LogP contribution in [-0.2, 0) is 14.6 Å². The zero-order chi connectivity index (χ0) is 15.5. The first-order valence-electron chi connectivity index (χ1n) is 7.75. The van der Waals surface area contributed by atoms with Crippen molar-refractivity contribution in [3.8, 4) is 0 Å². The van der Waals surface area contributed by atoms with Crippen LogP contribution in [0.15, 0.2) is 0 Å². The second-order valence-electron chi connectivity index (χ2n) is 6.43. The highest BCUT2D eigenvalue weighted by atomic mass is 32.2. The molecule has 122 valence electrons. The van der Waals surface area contributed by atoms with E-state index in [0.29, 0.717) is 30.1 Å². The molecular weight excluding hydrogens is 290 g/mol. The monoisotopic (exact) mass is 317 g/mol. The number of nitrogens with zero attached hydrogens (tertiary/aromatic N) is 2. The summed E-state index contributed by atoms with van der Waals surface area (Å²) in [5.74, 6) is 0.792. The van der Waals surface area contributed by atoms with Crippen molar-refractivity contribution in [2.24, 2.45) is 0 Å². The van der Waals surface area contributed by atoms with Crippen molar-refractivity contribution in [1.82, 2.24) is 15.1 Å². The van der Waals surface area contributed by atoms with Crippen LogP contribution in [0.5, 0.6) is 0 Å². The van der Waals surface area contributed by atoms with Gasteiger partial charge in [-0.1, -0.05) is 0 Å². The number of hydrogen-bond donors (Lipinski definition) is 1. The van der Waals surface area contributed by atoms with E-state index in [4.69, 9.17) is 0 Å². The van der Waals surface area contributed by atoms with Gasteiger partial charge >= 0.3 is 0 Å². The highest BCUT2D eigenvalue weighted by Crippen LogP contribution is 2.16. The largest absolute Gasteiger partial charge is 0.348 e. The minimum atomic E-state index is -2.78. The summed E-state index contributed by atoms with van der Waals surface area (Å²) >= 11 is 0. The van der Waals surface area contributed by atoms with Crippen LogP contribution in [-0.4, -0.2) is 81.4 Å². The molecule has 6 nitrogen and oxygen atoms in total. The molecule has 2 aliphatic heterocycles. The van der Waals surface area contributed by atoms with Crippen molar-refractivity contribution in [3.63, 3.8) is 0 Å². The molecule has 0 saturated carbocycles. The molecule has 2 heterocycles. The lowest BCUT2D eigenvalue weighted by atomic mass is 10.0. The highest BCUT2D eigenvalue weighted by molar-refractivity contribution is 7.91. The predicted octanol–water partition coefficient (Wildman–Crippen LogP) is -0.294. The Labute approximate surface area is 127 Å². The summed E-state index contributed by atoms with van der Waals surface area (Å²) in [7, 11) is 0.794. The molecule has 1 N–H and O–H groups in total. The molecule has 0 aromatic rings. The van der Waals surface area contributed by atoms with Gasteiger partial charge in [-0.15, -0.1) is 0 Å². The molecule has 0 unspecified atom stereocenters. The lowest BCUT2D eigenvalue weighted by molar-refractivity contribution is -0.130. The van der Waals surface area contributed by atoms with Crippen LogP contribution in [0.4, 0.5) is 0 Å². The quantitative estimate of drug-likeness (QED) is 0.771. The number of rotatable bonds is 4. The highest BCUT2D eigenvalue weighted by Gasteiger charge is 2.27. The Bertz CT molecular complexity index is 442. The first kappa shape index (κ1) is 16.7. The molecule has 0 spiro atoms. The number of piperidine rings is 1. The number of sulfone groups is 1. The normalized spacial score (nSPS) is 24.9. The molecule has 7 heteroatoms. The average Bonchev–Trinajstić information content (AvgIpc) is 2.43. The molecule has 0 atom stereocenters. The first-order valence-corrected chi connectivity index (χ1v) is 9.57. The number of likely N-dealkylation sites (tertiary alicyclic amines) is 1. The van der Waals surface area contributed by atoms with E-state index in [-0.39, 0.29) is 5.91 Å². The van der Waals surface area contributed by atoms with Gasteiger partial charge in [0.05, 0.1) is 18.1 Å². The molecular formula is C14H27N3O3S. The van der Waals surface area contributed by atoms with E-state index in [0.717, 1.165) is 38.8 Å². The van der Waals surface area contributed by atoms with Crippen molar-refractivity contribution in [1.29, 1.82) is 0 Å². The van der Waals surface area contributed by atoms with E-state index < -0.39 is 9.84 Å². The maximum absolute atomic E-state index is 11.7. The van der Waals surface area contributed by atoms with Crippen LogP contribution in [0, 0.1) is 0 Å². The molecule has 0 bridgehead atoms. The summed E-state index contributed by atoms with van der Waals surface area (Å²) in [6.45, 7) is 2.37. The van der Waals surface area contributed by atoms with Gasteiger partial charge in [-0.2, -0.15) is 0 Å². The molecule has 2 saturated heterocycles. The Balaban J connectivity index is 1.69. The Kier molecular flexibility index (Phi) is 5.62. The number of nitrogens with one attached hydrogen (secondary N) is 1. The fourth-order valence-electron chi connectivity index (χ4n) is 2.98. The van der Waals surface area contributed by atoms with E-state index in [2.05, 4.69) is 10.2 Å². The third-order valence-electron chi connectivity index (χ3n) is 4.47. The van der Waals surface area contributed by atoms with Crippen LogP contribution in [0.3, 0.4) is 0 Å². The first-order chi connectivity index (χ1) is 9.85. The van der Waals surface area contributed by atoms with Crippen LogP contribution in [0.2, 0.25) is 0 Å². The fourth-order valence-corrected chi connectivity index (χ4v) is 4.47. The van der Waals surface area contributed by atoms with E-state index >= 15 is 0 Å². The summed E-state index contributed by atoms with van der Waals surface area (Å²) in [5, 5.41) is 3.61. The van der Waals surface area contributed by atoms with Gasteiger partial charge in [-0.3, -0.25) is 9.69 Å². The number of amides is 1. The maximum Gasteiger partial charge on any atom is 0.236 e. The second-order valence-corrected chi connectivity index (χ2v) is 8.73. The Hall–Kier alpha value is -0.660. The smallest absolute Gasteiger partial charge is 0.236 e. The minimum Gasteiger partial charge on any atom is -0.348 e. The zero-order valence-corrected chi connectivity index (χ0v) is 13.9. The van der Waals surface area contributed by atoms with Gasteiger partial charge in [0, 0.05) is 39.3 Å². The lowest BCUT2D eigenvalue weighted by Crippen LogP contribution is -2.49. The van der Waals surface area contributed by atoms with Crippen molar-refractivity contribution in [2.45, 2.75) is 37.8 Å². The van der Waals surface area contributed by atoms with Gasteiger partial charge in [-0.05, 0) is 25.7 Å². The predicted molar refractivity (Wildman–Crippen MR) is 83.0 cm³/mol. The van der Waals surface area contributed by atoms with Crippen molar-refractivity contribution < 1.29 is 13.2 Å². The number of likely N-dealkylation sites (N-methyl/N-ethyl adjacent to an activating group) is 1. The summed E-state index contributed by atoms with van der Waals surface area (Å²) < 4.78 is 22.8. The van der Waals surface area contributed by atoms with E-state index in [1.165, 1.54) is 0 Å². The Morgan fingerprint density at radius 2 is 1.62 bits per heavy atom. The van der Waals surface area contributed by atoms with Crippen molar-refractivity contribution >= 4 is 15.7 Å². The zero-order valence-electron chi connectivity index (χ0n) is 13.0. The summed E-state index contributed by atoms with van der Waals surface area (Å²) in [6.07, 6.45) is 3.54. The molecule has 21 heavy (non-hydrogen) atoms. The Morgan fingerprint density at radius 3 is 2.14 bits per heavy atom.